The van der Waals surface area contributed by atoms with Crippen molar-refractivity contribution in [1.29, 1.82) is 0 Å². The highest BCUT2D eigenvalue weighted by Gasteiger charge is 2.03. The topological polar surface area (TPSA) is 92.6 Å². The van der Waals surface area contributed by atoms with Crippen LogP contribution in [0.4, 0.5) is 10.5 Å². The van der Waals surface area contributed by atoms with Crippen molar-refractivity contribution < 1.29 is 9.53 Å². The van der Waals surface area contributed by atoms with E-state index in [0.29, 0.717) is 18.8 Å². The van der Waals surface area contributed by atoms with E-state index < -0.39 is 6.09 Å². The summed E-state index contributed by atoms with van der Waals surface area (Å²) in [4.78, 5) is 15.7. The normalized spacial score (nSPS) is 10.7. The zero-order chi connectivity index (χ0) is 18.1. The third kappa shape index (κ3) is 6.90. The molecule has 1 aromatic carbocycles. The largest absolute Gasteiger partial charge is 0.453 e. The Labute approximate surface area is 170 Å². The van der Waals surface area contributed by atoms with Gasteiger partial charge in [-0.3, -0.25) is 10.00 Å². The second-order valence-electron chi connectivity index (χ2n) is 5.31. The molecule has 9 heteroatoms. The van der Waals surface area contributed by atoms with Crippen LogP contribution in [0.5, 0.6) is 0 Å². The van der Waals surface area contributed by atoms with Crippen LogP contribution in [0.25, 0.3) is 0 Å². The molecule has 8 nitrogen and oxygen atoms in total. The number of nitrogens with zero attached hydrogens (tertiary/aromatic N) is 3. The summed E-state index contributed by atoms with van der Waals surface area (Å²) in [7, 11) is 3.24. The highest BCUT2D eigenvalue weighted by Crippen LogP contribution is 2.10. The van der Waals surface area contributed by atoms with Gasteiger partial charge in [0.2, 0.25) is 0 Å². The van der Waals surface area contributed by atoms with E-state index in [4.69, 9.17) is 0 Å². The second kappa shape index (κ2) is 11.3. The van der Waals surface area contributed by atoms with Crippen molar-refractivity contribution in [3.8, 4) is 0 Å². The van der Waals surface area contributed by atoms with Crippen LogP contribution in [-0.4, -0.2) is 35.5 Å². The summed E-state index contributed by atoms with van der Waals surface area (Å²) >= 11 is 0. The highest BCUT2D eigenvalue weighted by molar-refractivity contribution is 14.0. The van der Waals surface area contributed by atoms with E-state index in [2.05, 4.69) is 30.8 Å². The summed E-state index contributed by atoms with van der Waals surface area (Å²) in [5, 5.41) is 13.3. The van der Waals surface area contributed by atoms with Crippen LogP contribution in [0, 0.1) is 0 Å². The van der Waals surface area contributed by atoms with Crippen LogP contribution in [0.3, 0.4) is 0 Å². The molecule has 0 bridgehead atoms. The summed E-state index contributed by atoms with van der Waals surface area (Å²) in [5.74, 6) is 0.737. The molecule has 1 heterocycles. The quantitative estimate of drug-likeness (QED) is 0.342. The van der Waals surface area contributed by atoms with Gasteiger partial charge in [-0.15, -0.1) is 24.0 Å². The molecule has 2 aromatic rings. The number of guanidine groups is 1. The summed E-state index contributed by atoms with van der Waals surface area (Å²) in [6.07, 6.45) is 1.28. The van der Waals surface area contributed by atoms with Crippen molar-refractivity contribution in [1.82, 2.24) is 20.4 Å². The van der Waals surface area contributed by atoms with Crippen molar-refractivity contribution in [2.75, 3.05) is 19.0 Å². The number of benzene rings is 1. The fraction of sp³-hybridized carbons (Fsp3) is 0.353. The van der Waals surface area contributed by atoms with E-state index in [9.17, 15) is 4.79 Å². The predicted molar refractivity (Wildman–Crippen MR) is 113 cm³/mol. The summed E-state index contributed by atoms with van der Waals surface area (Å²) in [6.45, 7) is 3.97. The number of ether oxygens (including phenoxy) is 1. The molecular formula is C17H25IN6O2. The maximum atomic E-state index is 11.2. The van der Waals surface area contributed by atoms with E-state index in [1.54, 1.807) is 6.20 Å². The molecular weight excluding hydrogens is 447 g/mol. The van der Waals surface area contributed by atoms with Gasteiger partial charge in [0.1, 0.15) is 0 Å². The Morgan fingerprint density at radius 1 is 1.23 bits per heavy atom. The maximum absolute atomic E-state index is 11.2. The van der Waals surface area contributed by atoms with Crippen LogP contribution in [0.2, 0.25) is 0 Å². The molecule has 0 aliphatic rings. The Morgan fingerprint density at radius 2 is 1.96 bits per heavy atom. The smallest absolute Gasteiger partial charge is 0.411 e. The summed E-state index contributed by atoms with van der Waals surface area (Å²) in [5.41, 5.74) is 2.79. The van der Waals surface area contributed by atoms with Gasteiger partial charge >= 0.3 is 6.09 Å². The lowest BCUT2D eigenvalue weighted by atomic mass is 10.2. The number of hydrogen-bond donors (Lipinski definition) is 3. The zero-order valence-corrected chi connectivity index (χ0v) is 17.5. The first-order chi connectivity index (χ1) is 12.1. The number of rotatable bonds is 6. The molecule has 0 unspecified atom stereocenters. The van der Waals surface area contributed by atoms with Crippen LogP contribution >= 0.6 is 24.0 Å². The van der Waals surface area contributed by atoms with Crippen LogP contribution < -0.4 is 16.0 Å². The van der Waals surface area contributed by atoms with E-state index in [0.717, 1.165) is 23.8 Å². The Morgan fingerprint density at radius 3 is 2.54 bits per heavy atom. The lowest BCUT2D eigenvalue weighted by Crippen LogP contribution is -2.37. The Hall–Kier alpha value is -2.30. The lowest BCUT2D eigenvalue weighted by Gasteiger charge is -2.11. The Balaban J connectivity index is 0.00000338. The van der Waals surface area contributed by atoms with Crippen molar-refractivity contribution in [3.05, 3.63) is 47.8 Å². The van der Waals surface area contributed by atoms with Gasteiger partial charge in [0, 0.05) is 25.5 Å². The molecule has 142 valence electrons. The molecule has 26 heavy (non-hydrogen) atoms. The van der Waals surface area contributed by atoms with Gasteiger partial charge in [-0.2, -0.15) is 5.10 Å². The van der Waals surface area contributed by atoms with Crippen LogP contribution in [0.1, 0.15) is 18.2 Å². The molecule has 0 saturated heterocycles. The number of anilines is 1. The van der Waals surface area contributed by atoms with Gasteiger partial charge < -0.3 is 15.4 Å². The minimum absolute atomic E-state index is 0. The molecule has 1 amide bonds. The van der Waals surface area contributed by atoms with Gasteiger partial charge in [-0.25, -0.2) is 9.79 Å². The molecule has 0 radical (unpaired) electrons. The minimum Gasteiger partial charge on any atom is -0.453 e. The number of carbonyl (C=O) groups is 1. The third-order valence-corrected chi connectivity index (χ3v) is 3.51. The van der Waals surface area contributed by atoms with Crippen LogP contribution in [-0.2, 0) is 24.9 Å². The van der Waals surface area contributed by atoms with Crippen molar-refractivity contribution >= 4 is 41.7 Å². The molecule has 0 atom stereocenters. The molecule has 0 spiro atoms. The first-order valence-corrected chi connectivity index (χ1v) is 8.05. The lowest BCUT2D eigenvalue weighted by molar-refractivity contribution is 0.187. The number of hydrogen-bond acceptors (Lipinski definition) is 4. The average molecular weight is 472 g/mol. The first-order valence-electron chi connectivity index (χ1n) is 8.05. The molecule has 1 aromatic heterocycles. The minimum atomic E-state index is -0.487. The van der Waals surface area contributed by atoms with Gasteiger partial charge in [0.15, 0.2) is 5.96 Å². The van der Waals surface area contributed by atoms with Gasteiger partial charge in [-0.1, -0.05) is 12.1 Å². The zero-order valence-electron chi connectivity index (χ0n) is 15.2. The number of amides is 1. The Kier molecular flexibility index (Phi) is 9.48. The van der Waals surface area contributed by atoms with Gasteiger partial charge in [0.25, 0.3) is 0 Å². The summed E-state index contributed by atoms with van der Waals surface area (Å²) < 4.78 is 6.38. The second-order valence-corrected chi connectivity index (χ2v) is 5.31. The number of aliphatic imine (C=N–C) groups is 1. The van der Waals surface area contributed by atoms with Crippen molar-refractivity contribution in [2.24, 2.45) is 12.0 Å². The first kappa shape index (κ1) is 21.7. The number of aromatic nitrogens is 2. The fourth-order valence-corrected chi connectivity index (χ4v) is 2.12. The fourth-order valence-electron chi connectivity index (χ4n) is 2.12. The van der Waals surface area contributed by atoms with E-state index >= 15 is 0 Å². The Bertz CT molecular complexity index is 714. The predicted octanol–water partition coefficient (Wildman–Crippen LogP) is 2.47. The number of aryl methyl sites for hydroxylation is 1. The van der Waals surface area contributed by atoms with E-state index in [1.165, 1.54) is 7.11 Å². The molecule has 0 saturated carbocycles. The maximum Gasteiger partial charge on any atom is 0.411 e. The highest BCUT2D eigenvalue weighted by atomic mass is 127. The standard InChI is InChI=1S/C17H24N6O2.HI/c1-4-18-16(20-12-15-9-10-21-23(15)2)19-11-13-5-7-14(8-6-13)22-17(24)25-3;/h5-10H,4,11-12H2,1-3H3,(H,22,24)(H2,18,19,20);1H. The molecule has 0 aliphatic carbocycles. The van der Waals surface area contributed by atoms with E-state index in [-0.39, 0.29) is 24.0 Å². The molecule has 3 N–H and O–H groups in total. The van der Waals surface area contributed by atoms with Gasteiger partial charge in [0.05, 0.1) is 25.9 Å². The average Bonchev–Trinajstić information content (AvgIpc) is 3.03. The third-order valence-electron chi connectivity index (χ3n) is 3.51. The number of carbonyl (C=O) groups excluding carboxylic acids is 1. The van der Waals surface area contributed by atoms with Crippen LogP contribution in [0.15, 0.2) is 41.5 Å². The molecule has 2 rings (SSSR count). The SMILES string of the molecule is CCNC(=NCc1ccc(NC(=O)OC)cc1)NCc1ccnn1C.I. The van der Waals surface area contributed by atoms with Crippen molar-refractivity contribution in [2.45, 2.75) is 20.0 Å². The number of methoxy groups -OCH3 is 1. The van der Waals surface area contributed by atoms with Crippen molar-refractivity contribution in [3.63, 3.8) is 0 Å². The molecule has 0 fully saturated rings. The number of halogens is 1. The molecule has 0 aliphatic heterocycles. The monoisotopic (exact) mass is 472 g/mol. The van der Waals surface area contributed by atoms with E-state index in [1.807, 2.05) is 49.0 Å². The number of nitrogens with one attached hydrogen (secondary N) is 3. The summed E-state index contributed by atoms with van der Waals surface area (Å²) in [6, 6.07) is 9.43. The van der Waals surface area contributed by atoms with Gasteiger partial charge in [-0.05, 0) is 30.7 Å².